The molecule has 17 heavy (non-hydrogen) atoms. The summed E-state index contributed by atoms with van der Waals surface area (Å²) >= 11 is 0. The largest absolute Gasteiger partial charge is 0.461 e. The van der Waals surface area contributed by atoms with Crippen molar-refractivity contribution in [1.29, 1.82) is 0 Å². The molecule has 0 unspecified atom stereocenters. The molecule has 0 saturated heterocycles. The molecule has 0 bridgehead atoms. The topological polar surface area (TPSA) is 42.2 Å². The van der Waals surface area contributed by atoms with Crippen molar-refractivity contribution in [1.82, 2.24) is 5.32 Å². The van der Waals surface area contributed by atoms with E-state index in [0.29, 0.717) is 5.39 Å². The number of carbonyl (C=O) groups excluding carboxylic acids is 1. The molecule has 2 rings (SSSR count). The molecule has 1 heterocycles. The van der Waals surface area contributed by atoms with Gasteiger partial charge >= 0.3 is 0 Å². The first kappa shape index (κ1) is 11.7. The molecule has 1 aromatic heterocycles. The minimum atomic E-state index is -0.947. The molecule has 0 aliphatic heterocycles. The van der Waals surface area contributed by atoms with Crippen LogP contribution in [0.2, 0.25) is 0 Å². The highest BCUT2D eigenvalue weighted by Crippen LogP contribution is 2.25. The number of rotatable bonds is 3. The van der Waals surface area contributed by atoms with Crippen LogP contribution < -0.4 is 5.32 Å². The number of Topliss-reactive ketones (excluding diaryl/α,β-unsaturated/α-hetero) is 1. The van der Waals surface area contributed by atoms with Gasteiger partial charge in [-0.1, -0.05) is 0 Å². The van der Waals surface area contributed by atoms with Crippen LogP contribution in [0.25, 0.3) is 11.0 Å². The molecule has 2 aromatic rings. The lowest BCUT2D eigenvalue weighted by Crippen LogP contribution is -2.32. The maximum Gasteiger partial charge on any atom is 0.185 e. The van der Waals surface area contributed by atoms with Crippen LogP contribution >= 0.6 is 0 Å². The Morgan fingerprint density at radius 3 is 2.82 bits per heavy atom. The third kappa shape index (κ3) is 1.82. The summed E-state index contributed by atoms with van der Waals surface area (Å²) in [5.41, 5.74) is -0.660. The Morgan fingerprint density at radius 1 is 1.47 bits per heavy atom. The number of carbonyl (C=O) groups is 1. The predicted molar refractivity (Wildman–Crippen MR) is 59.0 cm³/mol. The summed E-state index contributed by atoms with van der Waals surface area (Å²) in [4.78, 5) is 11.8. The highest BCUT2D eigenvalue weighted by molar-refractivity contribution is 6.02. The molecule has 0 aliphatic rings. The molecular weight excluding hydrogens is 228 g/mol. The zero-order valence-corrected chi connectivity index (χ0v) is 9.38. The molecule has 0 radical (unpaired) electrons. The molecule has 1 atom stereocenters. The van der Waals surface area contributed by atoms with E-state index in [2.05, 4.69) is 5.32 Å². The van der Waals surface area contributed by atoms with E-state index in [-0.39, 0.29) is 5.58 Å². The molecule has 0 fully saturated rings. The van der Waals surface area contributed by atoms with Crippen LogP contribution in [0.5, 0.6) is 0 Å². The van der Waals surface area contributed by atoms with E-state index >= 15 is 0 Å². The highest BCUT2D eigenvalue weighted by atomic mass is 19.1. The Morgan fingerprint density at radius 2 is 2.18 bits per heavy atom. The molecule has 0 spiro atoms. The van der Waals surface area contributed by atoms with Crippen LogP contribution in [0, 0.1) is 11.6 Å². The number of nitrogens with one attached hydrogen (secondary N) is 1. The van der Waals surface area contributed by atoms with Crippen LogP contribution in [0.1, 0.15) is 17.3 Å². The van der Waals surface area contributed by atoms with Crippen molar-refractivity contribution in [3.8, 4) is 0 Å². The van der Waals surface area contributed by atoms with Gasteiger partial charge in [0.15, 0.2) is 17.2 Å². The summed E-state index contributed by atoms with van der Waals surface area (Å²) in [6.45, 7) is 1.54. The average Bonchev–Trinajstić information content (AvgIpc) is 2.75. The smallest absolute Gasteiger partial charge is 0.185 e. The van der Waals surface area contributed by atoms with Crippen LogP contribution in [-0.4, -0.2) is 18.9 Å². The van der Waals surface area contributed by atoms with Crippen molar-refractivity contribution in [2.45, 2.75) is 13.0 Å². The fourth-order valence-corrected chi connectivity index (χ4v) is 1.61. The Hall–Kier alpha value is -1.75. The Bertz CT molecular complexity index is 577. The molecule has 0 saturated carbocycles. The van der Waals surface area contributed by atoms with Crippen molar-refractivity contribution in [2.24, 2.45) is 0 Å². The van der Waals surface area contributed by atoms with Gasteiger partial charge in [-0.3, -0.25) is 4.79 Å². The first-order valence-corrected chi connectivity index (χ1v) is 5.13. The van der Waals surface area contributed by atoms with E-state index in [9.17, 15) is 13.6 Å². The predicted octanol–water partition coefficient (Wildman–Crippen LogP) is 2.50. The van der Waals surface area contributed by atoms with Gasteiger partial charge in [-0.25, -0.2) is 8.78 Å². The summed E-state index contributed by atoms with van der Waals surface area (Å²) in [5.74, 6) is -2.46. The van der Waals surface area contributed by atoms with Crippen molar-refractivity contribution in [3.63, 3.8) is 0 Å². The van der Waals surface area contributed by atoms with Crippen molar-refractivity contribution >= 4 is 16.8 Å². The fourth-order valence-electron chi connectivity index (χ4n) is 1.61. The molecule has 1 N–H and O–H groups in total. The number of hydrogen-bond acceptors (Lipinski definition) is 3. The van der Waals surface area contributed by atoms with Crippen LogP contribution in [0.3, 0.4) is 0 Å². The second kappa shape index (κ2) is 4.25. The Balaban J connectivity index is 2.64. The third-order valence-electron chi connectivity index (χ3n) is 2.71. The standard InChI is InChI=1S/C12H11F2NO2/c1-6(15-2)11(16)9-8(13)5-7-3-4-17-12(7)10(9)14/h3-6,15H,1-2H3/t6-/m1/s1. The van der Waals surface area contributed by atoms with Crippen molar-refractivity contribution in [3.05, 3.63) is 35.6 Å². The van der Waals surface area contributed by atoms with Gasteiger partial charge < -0.3 is 9.73 Å². The first-order chi connectivity index (χ1) is 8.06. The number of likely N-dealkylation sites (N-methyl/N-ethyl adjacent to an activating group) is 1. The zero-order chi connectivity index (χ0) is 12.6. The Kier molecular flexibility index (Phi) is 2.93. The van der Waals surface area contributed by atoms with Gasteiger partial charge in [0, 0.05) is 5.39 Å². The lowest BCUT2D eigenvalue weighted by Gasteiger charge is -2.10. The fraction of sp³-hybridized carbons (Fsp3) is 0.250. The van der Waals surface area contributed by atoms with Gasteiger partial charge in [0.05, 0.1) is 17.9 Å². The molecule has 5 heteroatoms. The molecule has 0 amide bonds. The number of ketones is 1. The molecule has 3 nitrogen and oxygen atoms in total. The van der Waals surface area contributed by atoms with E-state index < -0.39 is 29.0 Å². The van der Waals surface area contributed by atoms with Gasteiger partial charge in [0.25, 0.3) is 0 Å². The van der Waals surface area contributed by atoms with E-state index in [1.165, 1.54) is 19.3 Å². The van der Waals surface area contributed by atoms with Crippen molar-refractivity contribution in [2.75, 3.05) is 7.05 Å². The van der Waals surface area contributed by atoms with Crippen LogP contribution in [0.4, 0.5) is 8.78 Å². The minimum absolute atomic E-state index is 0.0990. The number of fused-ring (bicyclic) bond motifs is 1. The zero-order valence-electron chi connectivity index (χ0n) is 9.38. The maximum atomic E-state index is 13.9. The van der Waals surface area contributed by atoms with Crippen molar-refractivity contribution < 1.29 is 18.0 Å². The van der Waals surface area contributed by atoms with Gasteiger partial charge in [-0.2, -0.15) is 0 Å². The van der Waals surface area contributed by atoms with Gasteiger partial charge in [0.2, 0.25) is 0 Å². The molecule has 1 aromatic carbocycles. The quantitative estimate of drug-likeness (QED) is 0.837. The second-order valence-electron chi connectivity index (χ2n) is 3.76. The molecule has 0 aliphatic carbocycles. The van der Waals surface area contributed by atoms with E-state index in [1.54, 1.807) is 7.05 Å². The van der Waals surface area contributed by atoms with E-state index in [1.807, 2.05) is 0 Å². The first-order valence-electron chi connectivity index (χ1n) is 5.13. The third-order valence-corrected chi connectivity index (χ3v) is 2.71. The van der Waals surface area contributed by atoms with Gasteiger partial charge in [-0.05, 0) is 26.1 Å². The number of furan rings is 1. The monoisotopic (exact) mass is 239 g/mol. The summed E-state index contributed by atoms with van der Waals surface area (Å²) in [6.07, 6.45) is 1.25. The summed E-state index contributed by atoms with van der Waals surface area (Å²) in [5, 5.41) is 2.95. The maximum absolute atomic E-state index is 13.9. The summed E-state index contributed by atoms with van der Waals surface area (Å²) in [7, 11) is 1.55. The molecular formula is C12H11F2NO2. The molecule has 90 valence electrons. The van der Waals surface area contributed by atoms with E-state index in [0.717, 1.165) is 6.07 Å². The summed E-state index contributed by atoms with van der Waals surface area (Å²) < 4.78 is 32.5. The normalized spacial score (nSPS) is 12.9. The van der Waals surface area contributed by atoms with Crippen LogP contribution in [0.15, 0.2) is 22.8 Å². The second-order valence-corrected chi connectivity index (χ2v) is 3.76. The van der Waals surface area contributed by atoms with Gasteiger partial charge in [-0.15, -0.1) is 0 Å². The lowest BCUT2D eigenvalue weighted by atomic mass is 10.0. The van der Waals surface area contributed by atoms with Gasteiger partial charge in [0.1, 0.15) is 5.82 Å². The number of halogens is 2. The average molecular weight is 239 g/mol. The number of hydrogen-bond donors (Lipinski definition) is 1. The van der Waals surface area contributed by atoms with Crippen LogP contribution in [-0.2, 0) is 0 Å². The Labute approximate surface area is 96.4 Å². The summed E-state index contributed by atoms with van der Waals surface area (Å²) in [6, 6.07) is 1.88. The lowest BCUT2D eigenvalue weighted by molar-refractivity contribution is 0.0946. The SMILES string of the molecule is CN[C@H](C)C(=O)c1c(F)cc2ccoc2c1F. The highest BCUT2D eigenvalue weighted by Gasteiger charge is 2.25. The van der Waals surface area contributed by atoms with E-state index in [4.69, 9.17) is 4.42 Å². The minimum Gasteiger partial charge on any atom is -0.461 e. The number of benzene rings is 1.